The second-order valence-corrected chi connectivity index (χ2v) is 7.28. The monoisotopic (exact) mass is 397 g/mol. The van der Waals surface area contributed by atoms with Crippen LogP contribution in [-0.4, -0.2) is 22.1 Å². The van der Waals surface area contributed by atoms with Gasteiger partial charge in [-0.2, -0.15) is 4.39 Å². The molecule has 0 saturated carbocycles. The molecule has 0 bridgehead atoms. The average Bonchev–Trinajstić information content (AvgIpc) is 3.12. The second-order valence-electron chi connectivity index (χ2n) is 7.28. The zero-order valence-electron chi connectivity index (χ0n) is 16.1. The number of rotatable bonds is 4. The highest BCUT2D eigenvalue weighted by Crippen LogP contribution is 2.24. The molecule has 9 heteroatoms. The molecule has 0 aliphatic rings. The predicted octanol–water partition coefficient (Wildman–Crippen LogP) is 4.40. The van der Waals surface area contributed by atoms with E-state index in [0.29, 0.717) is 23.0 Å². The summed E-state index contributed by atoms with van der Waals surface area (Å²) in [6.45, 7) is 5.92. The van der Waals surface area contributed by atoms with E-state index in [0.717, 1.165) is 6.07 Å². The maximum atomic E-state index is 13.1. The van der Waals surface area contributed by atoms with E-state index in [1.165, 1.54) is 12.1 Å². The summed E-state index contributed by atoms with van der Waals surface area (Å²) in [6.07, 6.45) is 0. The third kappa shape index (κ3) is 5.38. The van der Waals surface area contributed by atoms with Crippen molar-refractivity contribution in [3.63, 3.8) is 0 Å². The lowest BCUT2D eigenvalue weighted by atomic mass is 9.93. The molecular formula is C20H20FN5O3. The van der Waals surface area contributed by atoms with Gasteiger partial charge < -0.3 is 15.2 Å². The highest BCUT2D eigenvalue weighted by Gasteiger charge is 2.20. The topological polar surface area (TPSA) is 109 Å². The number of urea groups is 1. The molecule has 0 atom stereocenters. The summed E-state index contributed by atoms with van der Waals surface area (Å²) < 4.78 is 18.3. The van der Waals surface area contributed by atoms with Crippen LogP contribution in [0.4, 0.5) is 26.4 Å². The number of carbonyl (C=O) groups is 2. The van der Waals surface area contributed by atoms with Crippen molar-refractivity contribution >= 4 is 29.1 Å². The molecule has 0 fully saturated rings. The highest BCUT2D eigenvalue weighted by molar-refractivity contribution is 6.03. The number of nitrogens with one attached hydrogen (secondary N) is 3. The van der Waals surface area contributed by atoms with E-state index in [4.69, 9.17) is 4.52 Å². The van der Waals surface area contributed by atoms with Gasteiger partial charge in [0.25, 0.3) is 5.91 Å². The molecule has 3 aromatic rings. The maximum Gasteiger partial charge on any atom is 0.324 e. The molecule has 1 aromatic carbocycles. The number of nitrogens with zero attached hydrogens (tertiary/aromatic N) is 2. The summed E-state index contributed by atoms with van der Waals surface area (Å²) in [5, 5.41) is 11.7. The summed E-state index contributed by atoms with van der Waals surface area (Å²) in [6, 6.07) is 11.6. The molecule has 0 radical (unpaired) electrons. The Hall–Kier alpha value is -3.75. The molecule has 0 spiro atoms. The lowest BCUT2D eigenvalue weighted by Gasteiger charge is -2.12. The predicted molar refractivity (Wildman–Crippen MR) is 106 cm³/mol. The zero-order valence-corrected chi connectivity index (χ0v) is 16.1. The van der Waals surface area contributed by atoms with Gasteiger partial charge in [0.05, 0.1) is 0 Å². The number of hydrogen-bond acceptors (Lipinski definition) is 5. The summed E-state index contributed by atoms with van der Waals surface area (Å²) in [4.78, 5) is 27.7. The van der Waals surface area contributed by atoms with E-state index in [1.54, 1.807) is 30.3 Å². The molecular weight excluding hydrogens is 377 g/mol. The molecule has 0 saturated heterocycles. The van der Waals surface area contributed by atoms with Crippen LogP contribution < -0.4 is 16.0 Å². The minimum atomic E-state index is -0.732. The number of benzene rings is 1. The van der Waals surface area contributed by atoms with Gasteiger partial charge in [0.1, 0.15) is 11.5 Å². The number of carbonyl (C=O) groups excluding carboxylic acids is 2. The summed E-state index contributed by atoms with van der Waals surface area (Å²) >= 11 is 0. The second kappa shape index (κ2) is 8.09. The van der Waals surface area contributed by atoms with Gasteiger partial charge in [-0.1, -0.05) is 32.0 Å². The van der Waals surface area contributed by atoms with E-state index in [1.807, 2.05) is 20.8 Å². The van der Waals surface area contributed by atoms with Crippen LogP contribution in [0.1, 0.15) is 37.0 Å². The van der Waals surface area contributed by atoms with Crippen LogP contribution in [0.2, 0.25) is 0 Å². The van der Waals surface area contributed by atoms with Crippen LogP contribution in [0.5, 0.6) is 0 Å². The van der Waals surface area contributed by atoms with Crippen LogP contribution >= 0.6 is 0 Å². The fourth-order valence-corrected chi connectivity index (χ4v) is 2.33. The van der Waals surface area contributed by atoms with Crippen molar-refractivity contribution in [2.45, 2.75) is 26.2 Å². The summed E-state index contributed by atoms with van der Waals surface area (Å²) in [5.74, 6) is -0.312. The minimum Gasteiger partial charge on any atom is -0.359 e. The number of halogens is 1. The van der Waals surface area contributed by atoms with Gasteiger partial charge in [0, 0.05) is 22.9 Å². The Morgan fingerprint density at radius 2 is 1.62 bits per heavy atom. The van der Waals surface area contributed by atoms with E-state index < -0.39 is 17.9 Å². The van der Waals surface area contributed by atoms with E-state index in [2.05, 4.69) is 26.1 Å². The van der Waals surface area contributed by atoms with Crippen molar-refractivity contribution in [1.29, 1.82) is 0 Å². The van der Waals surface area contributed by atoms with E-state index >= 15 is 0 Å². The first-order valence-electron chi connectivity index (χ1n) is 8.80. The lowest BCUT2D eigenvalue weighted by molar-refractivity contribution is 0.102. The van der Waals surface area contributed by atoms with Crippen LogP contribution in [0.3, 0.4) is 0 Å². The Bertz CT molecular complexity index is 1030. The molecule has 0 unspecified atom stereocenters. The molecule has 3 rings (SSSR count). The Morgan fingerprint density at radius 1 is 0.966 bits per heavy atom. The Labute approximate surface area is 166 Å². The van der Waals surface area contributed by atoms with Gasteiger partial charge in [-0.25, -0.2) is 9.78 Å². The lowest BCUT2D eigenvalue weighted by Crippen LogP contribution is -2.19. The van der Waals surface area contributed by atoms with Gasteiger partial charge in [-0.3, -0.25) is 10.1 Å². The molecule has 0 aliphatic carbocycles. The highest BCUT2D eigenvalue weighted by atomic mass is 19.1. The standard InChI is InChI=1S/C20H20FN5O3/c1-20(2,3)15-11-17(26-29-15)25-19(28)23-13-9-7-12(8-10-13)22-18(27)14-5-4-6-16(21)24-14/h4-11H,1-3H3,(H,22,27)(H2,23,25,26,28). The molecule has 8 nitrogen and oxygen atoms in total. The van der Waals surface area contributed by atoms with Crippen LogP contribution in [0, 0.1) is 5.95 Å². The summed E-state index contributed by atoms with van der Waals surface area (Å²) in [5.41, 5.74) is 0.723. The molecule has 29 heavy (non-hydrogen) atoms. The SMILES string of the molecule is CC(C)(C)c1cc(NC(=O)Nc2ccc(NC(=O)c3cccc(F)n3)cc2)no1. The Balaban J connectivity index is 1.56. The Kier molecular flexibility index (Phi) is 5.58. The fraction of sp³-hybridized carbons (Fsp3) is 0.200. The third-order valence-electron chi connectivity index (χ3n) is 3.84. The van der Waals surface area contributed by atoms with Gasteiger partial charge >= 0.3 is 6.03 Å². The summed E-state index contributed by atoms with van der Waals surface area (Å²) in [7, 11) is 0. The molecule has 0 aliphatic heterocycles. The van der Waals surface area contributed by atoms with Gasteiger partial charge in [-0.15, -0.1) is 0 Å². The smallest absolute Gasteiger partial charge is 0.324 e. The number of aromatic nitrogens is 2. The van der Waals surface area contributed by atoms with Gasteiger partial charge in [0.2, 0.25) is 5.95 Å². The van der Waals surface area contributed by atoms with Crippen molar-refractivity contribution in [2.24, 2.45) is 0 Å². The van der Waals surface area contributed by atoms with Gasteiger partial charge in [0.15, 0.2) is 5.82 Å². The number of hydrogen-bond donors (Lipinski definition) is 3. The number of amides is 3. The molecule has 2 aromatic heterocycles. The Morgan fingerprint density at radius 3 is 2.21 bits per heavy atom. The van der Waals surface area contributed by atoms with Crippen molar-refractivity contribution in [2.75, 3.05) is 16.0 Å². The van der Waals surface area contributed by atoms with E-state index in [9.17, 15) is 14.0 Å². The van der Waals surface area contributed by atoms with Crippen LogP contribution in [0.15, 0.2) is 53.1 Å². The minimum absolute atomic E-state index is 0.0335. The maximum absolute atomic E-state index is 13.1. The third-order valence-corrected chi connectivity index (χ3v) is 3.84. The average molecular weight is 397 g/mol. The van der Waals surface area contributed by atoms with Gasteiger partial charge in [-0.05, 0) is 36.4 Å². The van der Waals surface area contributed by atoms with Crippen LogP contribution in [0.25, 0.3) is 0 Å². The molecule has 2 heterocycles. The molecule has 3 N–H and O–H groups in total. The quantitative estimate of drug-likeness (QED) is 0.565. The first kappa shape index (κ1) is 20.0. The van der Waals surface area contributed by atoms with Crippen molar-refractivity contribution < 1.29 is 18.5 Å². The molecule has 150 valence electrons. The fourth-order valence-electron chi connectivity index (χ4n) is 2.33. The van der Waals surface area contributed by atoms with Crippen LogP contribution in [-0.2, 0) is 5.41 Å². The number of pyridine rings is 1. The largest absolute Gasteiger partial charge is 0.359 e. The van der Waals surface area contributed by atoms with Crippen molar-refractivity contribution in [3.05, 3.63) is 65.9 Å². The molecule has 3 amide bonds. The number of anilines is 3. The first-order chi connectivity index (χ1) is 13.7. The van der Waals surface area contributed by atoms with Crippen molar-refractivity contribution in [3.8, 4) is 0 Å². The zero-order chi connectivity index (χ0) is 21.0. The van der Waals surface area contributed by atoms with Crippen molar-refractivity contribution in [1.82, 2.24) is 10.1 Å². The normalized spacial score (nSPS) is 11.0. The first-order valence-corrected chi connectivity index (χ1v) is 8.80. The van der Waals surface area contributed by atoms with E-state index in [-0.39, 0.29) is 11.1 Å².